The summed E-state index contributed by atoms with van der Waals surface area (Å²) in [5, 5.41) is 0. The molecule has 0 aliphatic heterocycles. The SMILES string of the molecule is CCCCCCCC[Si](C)(C)OS(=O)(=O)CCCC. The largest absolute Gasteiger partial charge is 0.315 e. The van der Waals surface area contributed by atoms with Crippen LogP contribution in [0.4, 0.5) is 0 Å². The Hall–Kier alpha value is 0.127. The summed E-state index contributed by atoms with van der Waals surface area (Å²) in [6.07, 6.45) is 9.03. The van der Waals surface area contributed by atoms with E-state index in [0.29, 0.717) is 6.42 Å². The van der Waals surface area contributed by atoms with E-state index >= 15 is 0 Å². The van der Waals surface area contributed by atoms with Gasteiger partial charge < -0.3 is 3.87 Å². The molecule has 0 saturated carbocycles. The van der Waals surface area contributed by atoms with Crippen LogP contribution >= 0.6 is 0 Å². The monoisotopic (exact) mass is 308 g/mol. The molecule has 0 saturated heterocycles. The fraction of sp³-hybridized carbons (Fsp3) is 1.00. The fourth-order valence-electron chi connectivity index (χ4n) is 2.08. The molecule has 0 aliphatic rings. The molecule has 0 aromatic heterocycles. The van der Waals surface area contributed by atoms with Gasteiger partial charge in [-0.25, -0.2) is 8.42 Å². The first kappa shape index (κ1) is 19.1. The van der Waals surface area contributed by atoms with Gasteiger partial charge in [-0.15, -0.1) is 0 Å². The normalized spacial score (nSPS) is 12.8. The molecule has 0 heterocycles. The van der Waals surface area contributed by atoms with Crippen molar-refractivity contribution in [2.24, 2.45) is 0 Å². The van der Waals surface area contributed by atoms with Crippen molar-refractivity contribution in [3.05, 3.63) is 0 Å². The third kappa shape index (κ3) is 11.6. The molecule has 19 heavy (non-hydrogen) atoms. The highest BCUT2D eigenvalue weighted by molar-refractivity contribution is 7.87. The Morgan fingerprint density at radius 2 is 1.37 bits per heavy atom. The van der Waals surface area contributed by atoms with Crippen LogP contribution in [-0.4, -0.2) is 22.5 Å². The van der Waals surface area contributed by atoms with E-state index in [-0.39, 0.29) is 5.75 Å². The zero-order chi connectivity index (χ0) is 14.8. The molecule has 0 aromatic carbocycles. The number of hydrogen-bond acceptors (Lipinski definition) is 3. The first-order valence-electron chi connectivity index (χ1n) is 7.76. The van der Waals surface area contributed by atoms with E-state index in [0.717, 1.165) is 18.9 Å². The van der Waals surface area contributed by atoms with Gasteiger partial charge in [-0.05, 0) is 25.6 Å². The Labute approximate surface area is 121 Å². The minimum atomic E-state index is -3.29. The van der Waals surface area contributed by atoms with Gasteiger partial charge in [0, 0.05) is 0 Å². The molecule has 0 N–H and O–H groups in total. The predicted molar refractivity (Wildman–Crippen MR) is 85.4 cm³/mol. The highest BCUT2D eigenvalue weighted by atomic mass is 32.2. The summed E-state index contributed by atoms with van der Waals surface area (Å²) in [5.74, 6) is 0.177. The van der Waals surface area contributed by atoms with Crippen molar-refractivity contribution in [1.82, 2.24) is 0 Å². The van der Waals surface area contributed by atoms with Crippen molar-refractivity contribution in [2.45, 2.75) is 84.4 Å². The van der Waals surface area contributed by atoms with Gasteiger partial charge in [-0.1, -0.05) is 58.8 Å². The molecule has 0 aromatic rings. The van der Waals surface area contributed by atoms with Crippen LogP contribution in [0, 0.1) is 0 Å². The topological polar surface area (TPSA) is 43.4 Å². The maximum absolute atomic E-state index is 11.8. The second-order valence-electron chi connectivity index (χ2n) is 5.98. The standard InChI is InChI=1S/C14H32O3SSi/c1-5-7-9-10-11-12-14-19(3,4)17-18(15,16)13-8-6-2/h5-14H2,1-4H3. The highest BCUT2D eigenvalue weighted by Crippen LogP contribution is 2.20. The maximum Gasteiger partial charge on any atom is 0.257 e. The lowest BCUT2D eigenvalue weighted by molar-refractivity contribution is 0.476. The summed E-state index contributed by atoms with van der Waals surface area (Å²) in [4.78, 5) is 0. The van der Waals surface area contributed by atoms with Crippen molar-refractivity contribution in [3.8, 4) is 0 Å². The molecule has 0 aliphatic carbocycles. The molecule has 0 atom stereocenters. The molecule has 0 spiro atoms. The fourth-order valence-corrected chi connectivity index (χ4v) is 7.24. The van der Waals surface area contributed by atoms with Gasteiger partial charge in [0.05, 0.1) is 5.75 Å². The summed E-state index contributed by atoms with van der Waals surface area (Å²) in [6.45, 7) is 8.24. The van der Waals surface area contributed by atoms with Gasteiger partial charge in [-0.2, -0.15) is 0 Å². The Kier molecular flexibility index (Phi) is 10.0. The molecule has 0 fully saturated rings. The molecular weight excluding hydrogens is 276 g/mol. The Morgan fingerprint density at radius 1 is 0.842 bits per heavy atom. The Morgan fingerprint density at radius 3 is 1.95 bits per heavy atom. The van der Waals surface area contributed by atoms with E-state index in [1.54, 1.807) is 0 Å². The van der Waals surface area contributed by atoms with Crippen molar-refractivity contribution in [1.29, 1.82) is 0 Å². The van der Waals surface area contributed by atoms with Crippen LogP contribution < -0.4 is 0 Å². The summed E-state index contributed by atoms with van der Waals surface area (Å²) >= 11 is 0. The molecule has 0 amide bonds. The van der Waals surface area contributed by atoms with E-state index in [1.165, 1.54) is 32.1 Å². The summed E-state index contributed by atoms with van der Waals surface area (Å²) in [6, 6.07) is 0.949. The number of unbranched alkanes of at least 4 members (excludes halogenated alkanes) is 6. The third-order valence-electron chi connectivity index (χ3n) is 3.23. The van der Waals surface area contributed by atoms with Gasteiger partial charge in [0.1, 0.15) is 0 Å². The predicted octanol–water partition coefficient (Wildman–Crippen LogP) is 4.70. The van der Waals surface area contributed by atoms with Crippen LogP contribution in [0.5, 0.6) is 0 Å². The third-order valence-corrected chi connectivity index (χ3v) is 8.40. The lowest BCUT2D eigenvalue weighted by Crippen LogP contribution is -2.34. The lowest BCUT2D eigenvalue weighted by Gasteiger charge is -2.22. The average Bonchev–Trinajstić information content (AvgIpc) is 2.30. The van der Waals surface area contributed by atoms with Crippen LogP contribution in [-0.2, 0) is 14.0 Å². The van der Waals surface area contributed by atoms with Crippen molar-refractivity contribution < 1.29 is 12.3 Å². The Balaban J connectivity index is 3.90. The lowest BCUT2D eigenvalue weighted by atomic mass is 10.1. The number of hydrogen-bond donors (Lipinski definition) is 0. The van der Waals surface area contributed by atoms with Gasteiger partial charge in [-0.3, -0.25) is 0 Å². The van der Waals surface area contributed by atoms with Gasteiger partial charge >= 0.3 is 0 Å². The summed E-state index contributed by atoms with van der Waals surface area (Å²) < 4.78 is 29.0. The summed E-state index contributed by atoms with van der Waals surface area (Å²) in [7, 11) is -5.34. The second-order valence-corrected chi connectivity index (χ2v) is 12.2. The zero-order valence-electron chi connectivity index (χ0n) is 13.2. The van der Waals surface area contributed by atoms with Gasteiger partial charge in [0.25, 0.3) is 10.1 Å². The molecule has 3 nitrogen and oxygen atoms in total. The first-order chi connectivity index (χ1) is 8.83. The van der Waals surface area contributed by atoms with Crippen molar-refractivity contribution in [2.75, 3.05) is 5.75 Å². The first-order valence-corrected chi connectivity index (χ1v) is 12.5. The number of rotatable bonds is 12. The van der Waals surface area contributed by atoms with Gasteiger partial charge in [0.2, 0.25) is 8.32 Å². The van der Waals surface area contributed by atoms with Crippen LogP contribution in [0.3, 0.4) is 0 Å². The van der Waals surface area contributed by atoms with E-state index in [2.05, 4.69) is 6.92 Å². The Bertz CT molecular complexity index is 313. The van der Waals surface area contributed by atoms with Crippen LogP contribution in [0.25, 0.3) is 0 Å². The van der Waals surface area contributed by atoms with Crippen molar-refractivity contribution in [3.63, 3.8) is 0 Å². The molecular formula is C14H32O3SSi. The van der Waals surface area contributed by atoms with Crippen LogP contribution in [0.2, 0.25) is 19.1 Å². The zero-order valence-corrected chi connectivity index (χ0v) is 15.0. The van der Waals surface area contributed by atoms with Crippen molar-refractivity contribution >= 4 is 18.4 Å². The van der Waals surface area contributed by atoms with E-state index in [9.17, 15) is 8.42 Å². The van der Waals surface area contributed by atoms with E-state index in [4.69, 9.17) is 3.87 Å². The molecule has 0 bridgehead atoms. The van der Waals surface area contributed by atoms with E-state index < -0.39 is 18.4 Å². The highest BCUT2D eigenvalue weighted by Gasteiger charge is 2.28. The molecule has 0 unspecified atom stereocenters. The average molecular weight is 309 g/mol. The van der Waals surface area contributed by atoms with Crippen LogP contribution in [0.1, 0.15) is 65.2 Å². The van der Waals surface area contributed by atoms with Gasteiger partial charge in [0.15, 0.2) is 0 Å². The smallest absolute Gasteiger partial charge is 0.257 e. The molecule has 0 radical (unpaired) electrons. The minimum absolute atomic E-state index is 0.177. The minimum Gasteiger partial charge on any atom is -0.315 e. The molecule has 116 valence electrons. The molecule has 0 rings (SSSR count). The quantitative estimate of drug-likeness (QED) is 0.388. The van der Waals surface area contributed by atoms with E-state index in [1.807, 2.05) is 20.0 Å². The summed E-state index contributed by atoms with van der Waals surface area (Å²) in [5.41, 5.74) is 0. The maximum atomic E-state index is 11.8. The molecule has 5 heteroatoms. The second kappa shape index (κ2) is 9.94. The van der Waals surface area contributed by atoms with Crippen LogP contribution in [0.15, 0.2) is 0 Å².